The molecular formula is C29H23ClF3N3O4S. The summed E-state index contributed by atoms with van der Waals surface area (Å²) >= 11 is 6.13. The van der Waals surface area contributed by atoms with E-state index < -0.39 is 39.9 Å². The maximum atomic E-state index is 13.4. The molecule has 0 aliphatic rings. The second kappa shape index (κ2) is 12.9. The Hall–Kier alpha value is -4.35. The van der Waals surface area contributed by atoms with Gasteiger partial charge in [0.05, 0.1) is 27.4 Å². The van der Waals surface area contributed by atoms with E-state index in [0.29, 0.717) is 28.3 Å². The molecule has 0 spiro atoms. The quantitative estimate of drug-likeness (QED) is 0.171. The molecule has 0 saturated heterocycles. The van der Waals surface area contributed by atoms with Crippen molar-refractivity contribution in [3.05, 3.63) is 125 Å². The molecule has 4 rings (SSSR count). The minimum absolute atomic E-state index is 0.237. The van der Waals surface area contributed by atoms with Gasteiger partial charge in [0.2, 0.25) is 0 Å². The molecule has 1 amide bonds. The van der Waals surface area contributed by atoms with Crippen LogP contribution in [0.15, 0.2) is 113 Å². The van der Waals surface area contributed by atoms with Gasteiger partial charge in [-0.15, -0.1) is 0 Å². The molecule has 0 atom stereocenters. The summed E-state index contributed by atoms with van der Waals surface area (Å²) in [6.45, 7) is -0.496. The van der Waals surface area contributed by atoms with Gasteiger partial charge in [-0.05, 0) is 65.7 Å². The molecule has 0 radical (unpaired) electrons. The highest BCUT2D eigenvalue weighted by molar-refractivity contribution is 7.92. The lowest BCUT2D eigenvalue weighted by atomic mass is 10.2. The number of nitrogens with zero attached hydrogens (tertiary/aromatic N) is 2. The van der Waals surface area contributed by atoms with Crippen molar-refractivity contribution >= 4 is 39.4 Å². The number of carbonyl (C=O) groups is 1. The Kier molecular flexibility index (Phi) is 9.31. The monoisotopic (exact) mass is 601 g/mol. The third-order valence-electron chi connectivity index (χ3n) is 5.69. The molecule has 0 heterocycles. The maximum absolute atomic E-state index is 13.4. The molecule has 7 nitrogen and oxygen atoms in total. The molecule has 0 aromatic heterocycles. The van der Waals surface area contributed by atoms with Crippen molar-refractivity contribution < 1.29 is 31.1 Å². The lowest BCUT2D eigenvalue weighted by Gasteiger charge is -2.25. The number of anilines is 1. The number of halogens is 4. The second-order valence-electron chi connectivity index (χ2n) is 8.63. The van der Waals surface area contributed by atoms with Crippen molar-refractivity contribution in [1.82, 2.24) is 5.43 Å². The van der Waals surface area contributed by atoms with Gasteiger partial charge in [-0.2, -0.15) is 18.3 Å². The topological polar surface area (TPSA) is 88.1 Å². The minimum Gasteiger partial charge on any atom is -0.489 e. The average molecular weight is 602 g/mol. The van der Waals surface area contributed by atoms with E-state index in [4.69, 9.17) is 16.3 Å². The van der Waals surface area contributed by atoms with Gasteiger partial charge in [0.25, 0.3) is 15.9 Å². The summed E-state index contributed by atoms with van der Waals surface area (Å²) in [5.74, 6) is -0.285. The third kappa shape index (κ3) is 7.86. The Labute approximate surface area is 239 Å². The minimum atomic E-state index is -4.77. The van der Waals surface area contributed by atoms with Crippen LogP contribution in [0.25, 0.3) is 0 Å². The van der Waals surface area contributed by atoms with E-state index in [1.165, 1.54) is 30.5 Å². The molecule has 0 fully saturated rings. The van der Waals surface area contributed by atoms with Crippen molar-refractivity contribution in [3.8, 4) is 5.75 Å². The standard InChI is InChI=1S/C29H23ClF3N3O4S/c30-26-16-13-23(29(31,32)33)17-27(26)36(41(38,39)25-9-5-2-6-10-25)19-28(37)35-34-18-21-11-14-24(15-12-21)40-20-22-7-3-1-4-8-22/h1-18H,19-20H2,(H,35,37)/b34-18-. The first-order valence-electron chi connectivity index (χ1n) is 12.1. The predicted molar refractivity (Wildman–Crippen MR) is 150 cm³/mol. The fourth-order valence-electron chi connectivity index (χ4n) is 3.64. The Balaban J connectivity index is 1.48. The van der Waals surface area contributed by atoms with Crippen molar-refractivity contribution in [1.29, 1.82) is 0 Å². The third-order valence-corrected chi connectivity index (χ3v) is 7.79. The largest absolute Gasteiger partial charge is 0.489 e. The summed E-state index contributed by atoms with van der Waals surface area (Å²) in [7, 11) is -4.49. The highest BCUT2D eigenvalue weighted by Crippen LogP contribution is 2.37. The first kappa shape index (κ1) is 29.6. The van der Waals surface area contributed by atoms with E-state index in [0.717, 1.165) is 17.7 Å². The number of alkyl halides is 3. The van der Waals surface area contributed by atoms with Gasteiger partial charge in [0, 0.05) is 0 Å². The van der Waals surface area contributed by atoms with Gasteiger partial charge in [-0.3, -0.25) is 9.10 Å². The molecule has 212 valence electrons. The molecule has 1 N–H and O–H groups in total. The fraction of sp³-hybridized carbons (Fsp3) is 0.103. The number of rotatable bonds is 10. The molecule has 4 aromatic carbocycles. The fourth-order valence-corrected chi connectivity index (χ4v) is 5.36. The van der Waals surface area contributed by atoms with Crippen LogP contribution in [0, 0.1) is 0 Å². The van der Waals surface area contributed by atoms with Crippen LogP contribution in [-0.4, -0.2) is 27.1 Å². The highest BCUT2D eigenvalue weighted by Gasteiger charge is 2.34. The molecule has 0 bridgehead atoms. The Morgan fingerprint density at radius 1 is 0.927 bits per heavy atom. The zero-order valence-electron chi connectivity index (χ0n) is 21.3. The SMILES string of the molecule is O=C(CN(c1cc(C(F)(F)F)ccc1Cl)S(=O)(=O)c1ccccc1)N/N=C\c1ccc(OCc2ccccc2)cc1. The van der Waals surface area contributed by atoms with Gasteiger partial charge in [0.15, 0.2) is 0 Å². The maximum Gasteiger partial charge on any atom is 0.416 e. The number of benzene rings is 4. The van der Waals surface area contributed by atoms with E-state index >= 15 is 0 Å². The lowest BCUT2D eigenvalue weighted by molar-refractivity contribution is -0.137. The Morgan fingerprint density at radius 3 is 2.20 bits per heavy atom. The van der Waals surface area contributed by atoms with E-state index in [2.05, 4.69) is 10.5 Å². The van der Waals surface area contributed by atoms with Gasteiger partial charge >= 0.3 is 6.18 Å². The van der Waals surface area contributed by atoms with Crippen LogP contribution in [0.1, 0.15) is 16.7 Å². The van der Waals surface area contributed by atoms with Crippen LogP contribution < -0.4 is 14.5 Å². The second-order valence-corrected chi connectivity index (χ2v) is 10.9. The molecule has 0 saturated carbocycles. The summed E-state index contributed by atoms with van der Waals surface area (Å²) in [6.07, 6.45) is -3.44. The van der Waals surface area contributed by atoms with Gasteiger partial charge in [-0.25, -0.2) is 13.8 Å². The van der Waals surface area contributed by atoms with Crippen LogP contribution >= 0.6 is 11.6 Å². The molecule has 0 unspecified atom stereocenters. The van der Waals surface area contributed by atoms with Crippen molar-refractivity contribution in [2.75, 3.05) is 10.8 Å². The molecule has 41 heavy (non-hydrogen) atoms. The van der Waals surface area contributed by atoms with Gasteiger partial charge in [0.1, 0.15) is 18.9 Å². The van der Waals surface area contributed by atoms with Crippen LogP contribution in [-0.2, 0) is 27.6 Å². The van der Waals surface area contributed by atoms with Crippen LogP contribution in [0.3, 0.4) is 0 Å². The lowest BCUT2D eigenvalue weighted by Crippen LogP contribution is -2.40. The predicted octanol–water partition coefficient (Wildman–Crippen LogP) is 6.28. The molecule has 4 aromatic rings. The average Bonchev–Trinajstić information content (AvgIpc) is 2.96. The molecule has 12 heteroatoms. The van der Waals surface area contributed by atoms with E-state index in [-0.39, 0.29) is 9.92 Å². The van der Waals surface area contributed by atoms with Crippen LogP contribution in [0.2, 0.25) is 5.02 Å². The normalized spacial score (nSPS) is 11.8. The summed E-state index contributed by atoms with van der Waals surface area (Å²) in [4.78, 5) is 12.5. The van der Waals surface area contributed by atoms with Crippen molar-refractivity contribution in [2.45, 2.75) is 17.7 Å². The Morgan fingerprint density at radius 2 is 1.56 bits per heavy atom. The summed E-state index contributed by atoms with van der Waals surface area (Å²) < 4.78 is 73.3. The van der Waals surface area contributed by atoms with E-state index in [1.807, 2.05) is 30.3 Å². The molecule has 0 aliphatic carbocycles. The first-order valence-corrected chi connectivity index (χ1v) is 13.9. The zero-order chi connectivity index (χ0) is 29.5. The molecule has 0 aliphatic heterocycles. The number of amides is 1. The first-order chi connectivity index (χ1) is 19.5. The van der Waals surface area contributed by atoms with Crippen LogP contribution in [0.4, 0.5) is 18.9 Å². The number of hydrogen-bond donors (Lipinski definition) is 1. The zero-order valence-corrected chi connectivity index (χ0v) is 22.8. The number of nitrogens with one attached hydrogen (secondary N) is 1. The Bertz CT molecular complexity index is 1620. The summed E-state index contributed by atoms with van der Waals surface area (Å²) in [6, 6.07) is 25.7. The smallest absolute Gasteiger partial charge is 0.416 e. The van der Waals surface area contributed by atoms with Crippen LogP contribution in [0.5, 0.6) is 5.75 Å². The van der Waals surface area contributed by atoms with Crippen molar-refractivity contribution in [3.63, 3.8) is 0 Å². The number of carbonyl (C=O) groups excluding carboxylic acids is 1. The summed E-state index contributed by atoms with van der Waals surface area (Å²) in [5.41, 5.74) is 2.19. The highest BCUT2D eigenvalue weighted by atomic mass is 35.5. The number of sulfonamides is 1. The van der Waals surface area contributed by atoms with E-state index in [9.17, 15) is 26.4 Å². The molecular weight excluding hydrogens is 579 g/mol. The van der Waals surface area contributed by atoms with E-state index in [1.54, 1.807) is 30.3 Å². The van der Waals surface area contributed by atoms with Gasteiger partial charge in [-0.1, -0.05) is 60.1 Å². The number of hydrogen-bond acceptors (Lipinski definition) is 5. The van der Waals surface area contributed by atoms with Crippen molar-refractivity contribution in [2.24, 2.45) is 5.10 Å². The number of ether oxygens (including phenoxy) is 1. The summed E-state index contributed by atoms with van der Waals surface area (Å²) in [5, 5.41) is 3.56. The van der Waals surface area contributed by atoms with Gasteiger partial charge < -0.3 is 4.74 Å². The number of hydrazone groups is 1.